The molecule has 0 aliphatic heterocycles. The average Bonchev–Trinajstić information content (AvgIpc) is 3.19. The van der Waals surface area contributed by atoms with Gasteiger partial charge in [0.05, 0.1) is 25.5 Å². The van der Waals surface area contributed by atoms with E-state index in [0.29, 0.717) is 12.1 Å². The molecule has 0 unspecified atom stereocenters. The van der Waals surface area contributed by atoms with E-state index >= 15 is 0 Å². The van der Waals surface area contributed by atoms with Crippen molar-refractivity contribution in [2.45, 2.75) is 20.4 Å². The van der Waals surface area contributed by atoms with Gasteiger partial charge in [0.1, 0.15) is 11.5 Å². The molecule has 0 bridgehead atoms. The van der Waals surface area contributed by atoms with E-state index in [1.807, 2.05) is 56.3 Å². The molecule has 0 saturated carbocycles. The monoisotopic (exact) mass is 324 g/mol. The lowest BCUT2D eigenvalue weighted by Gasteiger charge is -2.09. The van der Waals surface area contributed by atoms with Gasteiger partial charge in [-0.25, -0.2) is 0 Å². The third-order valence-electron chi connectivity index (χ3n) is 4.06. The van der Waals surface area contributed by atoms with Crippen molar-refractivity contribution in [3.05, 3.63) is 71.4 Å². The van der Waals surface area contributed by atoms with Gasteiger partial charge in [0.15, 0.2) is 0 Å². The highest BCUT2D eigenvalue weighted by atomic mass is 16.5. The van der Waals surface area contributed by atoms with Gasteiger partial charge in [-0.15, -0.1) is 0 Å². The highest BCUT2D eigenvalue weighted by molar-refractivity contribution is 6.05. The molecule has 0 saturated heterocycles. The highest BCUT2D eigenvalue weighted by Crippen LogP contribution is 2.20. The molecule has 0 spiro atoms. The van der Waals surface area contributed by atoms with Crippen LogP contribution in [0.5, 0.6) is 5.75 Å². The fourth-order valence-electron chi connectivity index (χ4n) is 2.71. The number of aryl methyl sites for hydroxylation is 1. The summed E-state index contributed by atoms with van der Waals surface area (Å²) in [6.07, 6.45) is 1.65. The maximum Gasteiger partial charge on any atom is 0.257 e. The van der Waals surface area contributed by atoms with Gasteiger partial charge in [0.2, 0.25) is 0 Å². The van der Waals surface area contributed by atoms with Crippen LogP contribution in [-0.4, -0.2) is 17.6 Å². The third-order valence-corrected chi connectivity index (χ3v) is 4.06. The topological polar surface area (TPSA) is 56.4 Å². The fraction of sp³-hybridized carbons (Fsp3) is 0.211. The summed E-state index contributed by atoms with van der Waals surface area (Å²) < 4.78 is 12.6. The van der Waals surface area contributed by atoms with Crippen molar-refractivity contribution in [3.63, 3.8) is 0 Å². The van der Waals surface area contributed by atoms with Crippen LogP contribution in [0, 0.1) is 13.8 Å². The second-order valence-corrected chi connectivity index (χ2v) is 5.63. The number of rotatable bonds is 5. The van der Waals surface area contributed by atoms with Crippen molar-refractivity contribution in [2.24, 2.45) is 0 Å². The van der Waals surface area contributed by atoms with Crippen LogP contribution in [0.25, 0.3) is 0 Å². The Morgan fingerprint density at radius 3 is 2.58 bits per heavy atom. The molecule has 0 aliphatic carbocycles. The maximum atomic E-state index is 12.6. The molecule has 5 heteroatoms. The summed E-state index contributed by atoms with van der Waals surface area (Å²) in [5, 5.41) is 2.92. The minimum absolute atomic E-state index is 0.126. The van der Waals surface area contributed by atoms with Gasteiger partial charge in [-0.1, -0.05) is 0 Å². The Labute approximate surface area is 140 Å². The lowest BCUT2D eigenvalue weighted by atomic mass is 10.2. The van der Waals surface area contributed by atoms with E-state index in [2.05, 4.69) is 9.88 Å². The largest absolute Gasteiger partial charge is 0.497 e. The SMILES string of the molecule is COc1ccc(NC(=O)c2cc(C)n(Cc3ccco3)c2C)cc1. The Kier molecular flexibility index (Phi) is 4.42. The Balaban J connectivity index is 1.79. The van der Waals surface area contributed by atoms with Crippen LogP contribution in [-0.2, 0) is 6.54 Å². The third kappa shape index (κ3) is 3.20. The first-order chi connectivity index (χ1) is 11.6. The fourth-order valence-corrected chi connectivity index (χ4v) is 2.71. The van der Waals surface area contributed by atoms with Crippen molar-refractivity contribution < 1.29 is 13.9 Å². The summed E-state index contributed by atoms with van der Waals surface area (Å²) in [4.78, 5) is 12.6. The number of amides is 1. The average molecular weight is 324 g/mol. The number of furan rings is 1. The Hall–Kier alpha value is -2.95. The number of methoxy groups -OCH3 is 1. The number of hydrogen-bond acceptors (Lipinski definition) is 3. The Morgan fingerprint density at radius 2 is 1.96 bits per heavy atom. The van der Waals surface area contributed by atoms with E-state index in [0.717, 1.165) is 28.6 Å². The van der Waals surface area contributed by atoms with Crippen molar-refractivity contribution >= 4 is 11.6 Å². The summed E-state index contributed by atoms with van der Waals surface area (Å²) in [6.45, 7) is 4.54. The minimum Gasteiger partial charge on any atom is -0.497 e. The number of carbonyl (C=O) groups is 1. The lowest BCUT2D eigenvalue weighted by Crippen LogP contribution is -2.13. The molecule has 24 heavy (non-hydrogen) atoms. The zero-order valence-electron chi connectivity index (χ0n) is 14.0. The van der Waals surface area contributed by atoms with Gasteiger partial charge in [-0.3, -0.25) is 4.79 Å². The first-order valence-electron chi connectivity index (χ1n) is 7.73. The van der Waals surface area contributed by atoms with Gasteiger partial charge >= 0.3 is 0 Å². The number of ether oxygens (including phenoxy) is 1. The molecule has 0 fully saturated rings. The summed E-state index contributed by atoms with van der Waals surface area (Å²) in [5.41, 5.74) is 3.32. The number of hydrogen-bond donors (Lipinski definition) is 1. The van der Waals surface area contributed by atoms with Gasteiger partial charge in [-0.2, -0.15) is 0 Å². The smallest absolute Gasteiger partial charge is 0.257 e. The molecule has 0 radical (unpaired) electrons. The first kappa shape index (κ1) is 15.9. The van der Waals surface area contributed by atoms with Gasteiger partial charge < -0.3 is 19.0 Å². The predicted molar refractivity (Wildman–Crippen MR) is 92.7 cm³/mol. The first-order valence-corrected chi connectivity index (χ1v) is 7.73. The molecular formula is C19H20N2O3. The van der Waals surface area contributed by atoms with E-state index in [1.54, 1.807) is 13.4 Å². The van der Waals surface area contributed by atoms with Crippen LogP contribution in [0.4, 0.5) is 5.69 Å². The molecule has 1 aromatic carbocycles. The van der Waals surface area contributed by atoms with Gasteiger partial charge in [0, 0.05) is 17.1 Å². The number of nitrogens with zero attached hydrogens (tertiary/aromatic N) is 1. The van der Waals surface area contributed by atoms with E-state index in [-0.39, 0.29) is 5.91 Å². The van der Waals surface area contributed by atoms with Crippen LogP contribution in [0.3, 0.4) is 0 Å². The molecule has 3 rings (SSSR count). The van der Waals surface area contributed by atoms with Crippen LogP contribution in [0.2, 0.25) is 0 Å². The van der Waals surface area contributed by atoms with Crippen molar-refractivity contribution in [2.75, 3.05) is 12.4 Å². The molecule has 1 N–H and O–H groups in total. The minimum atomic E-state index is -0.126. The van der Waals surface area contributed by atoms with E-state index in [4.69, 9.17) is 9.15 Å². The van der Waals surface area contributed by atoms with Gasteiger partial charge in [-0.05, 0) is 56.3 Å². The molecule has 5 nitrogen and oxygen atoms in total. The molecule has 0 atom stereocenters. The summed E-state index contributed by atoms with van der Waals surface area (Å²) in [7, 11) is 1.61. The predicted octanol–water partition coefficient (Wildman–Crippen LogP) is 4.01. The van der Waals surface area contributed by atoms with Crippen molar-refractivity contribution in [3.8, 4) is 5.75 Å². The van der Waals surface area contributed by atoms with Crippen molar-refractivity contribution in [1.29, 1.82) is 0 Å². The Morgan fingerprint density at radius 1 is 1.21 bits per heavy atom. The number of anilines is 1. The van der Waals surface area contributed by atoms with Crippen molar-refractivity contribution in [1.82, 2.24) is 4.57 Å². The number of carbonyl (C=O) groups excluding carboxylic acids is 1. The summed E-state index contributed by atoms with van der Waals surface area (Å²) in [6, 6.07) is 13.0. The van der Waals surface area contributed by atoms with Gasteiger partial charge in [0.25, 0.3) is 5.91 Å². The van der Waals surface area contributed by atoms with Crippen LogP contribution in [0.15, 0.2) is 53.1 Å². The number of aromatic nitrogens is 1. The molecule has 1 amide bonds. The van der Waals surface area contributed by atoms with Crippen LogP contribution >= 0.6 is 0 Å². The maximum absolute atomic E-state index is 12.6. The highest BCUT2D eigenvalue weighted by Gasteiger charge is 2.16. The van der Waals surface area contributed by atoms with Crippen LogP contribution < -0.4 is 10.1 Å². The summed E-state index contributed by atoms with van der Waals surface area (Å²) >= 11 is 0. The molecule has 3 aromatic rings. The second kappa shape index (κ2) is 6.66. The second-order valence-electron chi connectivity index (χ2n) is 5.63. The zero-order valence-corrected chi connectivity index (χ0v) is 14.0. The van der Waals surface area contributed by atoms with E-state index in [1.165, 1.54) is 0 Å². The number of benzene rings is 1. The molecule has 0 aliphatic rings. The van der Waals surface area contributed by atoms with E-state index in [9.17, 15) is 4.79 Å². The normalized spacial score (nSPS) is 10.6. The molecular weight excluding hydrogens is 304 g/mol. The zero-order chi connectivity index (χ0) is 17.1. The van der Waals surface area contributed by atoms with E-state index < -0.39 is 0 Å². The molecule has 124 valence electrons. The molecule has 2 aromatic heterocycles. The Bertz CT molecular complexity index is 830. The quantitative estimate of drug-likeness (QED) is 0.771. The van der Waals surface area contributed by atoms with Crippen LogP contribution in [0.1, 0.15) is 27.5 Å². The lowest BCUT2D eigenvalue weighted by molar-refractivity contribution is 0.102. The molecule has 2 heterocycles. The number of nitrogens with one attached hydrogen (secondary N) is 1. The standard InChI is InChI=1S/C19H20N2O3/c1-13-11-18(14(2)21(13)12-17-5-4-10-24-17)19(22)20-15-6-8-16(23-3)9-7-15/h4-11H,12H2,1-3H3,(H,20,22). The summed E-state index contributed by atoms with van der Waals surface area (Å²) in [5.74, 6) is 1.49.